The summed E-state index contributed by atoms with van der Waals surface area (Å²) in [5.41, 5.74) is 4.84. The zero-order chi connectivity index (χ0) is 10.6. The van der Waals surface area contributed by atoms with Crippen LogP contribution in [0.1, 0.15) is 10.5 Å². The second-order valence-electron chi connectivity index (χ2n) is 2.48. The predicted octanol–water partition coefficient (Wildman–Crippen LogP) is -2.62. The average Bonchev–Trinajstić information content (AvgIpc) is 2.66. The van der Waals surface area contributed by atoms with Gasteiger partial charge in [-0.1, -0.05) is 0 Å². The van der Waals surface area contributed by atoms with Crippen LogP contribution in [0, 0.1) is 0 Å². The maximum Gasteiger partial charge on any atom is 0.273 e. The van der Waals surface area contributed by atoms with Gasteiger partial charge in [-0.2, -0.15) is 15.4 Å². The Labute approximate surface area is 78.5 Å². The maximum atomic E-state index is 11.1. The minimum atomic E-state index is -1.40. The molecule has 0 radical (unpaired) electrons. The summed E-state index contributed by atoms with van der Waals surface area (Å²) in [6, 6.07) is 0. The molecule has 1 rings (SSSR count). The second-order valence-corrected chi connectivity index (χ2v) is 2.48. The number of nitrogens with zero attached hydrogens (tertiary/aromatic N) is 2. The lowest BCUT2D eigenvalue weighted by Gasteiger charge is -2.06. The molecule has 2 amide bonds. The number of hydrogen-bond acceptors (Lipinski definition) is 5. The summed E-state index contributed by atoms with van der Waals surface area (Å²) in [6.07, 6.45) is -0.183. The lowest BCUT2D eigenvalue weighted by molar-refractivity contribution is -0.125. The number of nitrogens with two attached hydrogens (primary N) is 1. The Morgan fingerprint density at radius 3 is 2.93 bits per heavy atom. The first-order valence-electron chi connectivity index (χ1n) is 3.72. The molecular weight excluding hydrogens is 190 g/mol. The fourth-order valence-electron chi connectivity index (χ4n) is 0.692. The molecule has 76 valence electrons. The van der Waals surface area contributed by atoms with Crippen LogP contribution in [0.15, 0.2) is 6.20 Å². The van der Waals surface area contributed by atoms with Crippen molar-refractivity contribution in [3.63, 3.8) is 0 Å². The van der Waals surface area contributed by atoms with Crippen molar-refractivity contribution >= 4 is 11.8 Å². The lowest BCUT2D eigenvalue weighted by atomic mass is 10.3. The Balaban J connectivity index is 2.40. The number of aliphatic hydroxyl groups excluding tert-OH is 1. The molecule has 1 aromatic heterocycles. The van der Waals surface area contributed by atoms with Crippen LogP contribution >= 0.6 is 0 Å². The molecule has 0 spiro atoms. The number of primary amides is 1. The number of H-pyrrole nitrogens is 1. The van der Waals surface area contributed by atoms with Crippen LogP contribution in [-0.4, -0.2) is 45.0 Å². The van der Waals surface area contributed by atoms with Gasteiger partial charge in [0.1, 0.15) is 6.10 Å². The summed E-state index contributed by atoms with van der Waals surface area (Å²) >= 11 is 0. The Bertz CT molecular complexity index is 322. The number of rotatable bonds is 4. The zero-order valence-corrected chi connectivity index (χ0v) is 7.10. The summed E-state index contributed by atoms with van der Waals surface area (Å²) in [5.74, 6) is -1.44. The number of aromatic nitrogens is 3. The third kappa shape index (κ3) is 2.52. The molecule has 0 aromatic carbocycles. The molecule has 14 heavy (non-hydrogen) atoms. The van der Waals surface area contributed by atoms with Crippen molar-refractivity contribution in [3.8, 4) is 0 Å². The molecule has 0 saturated heterocycles. The molecule has 0 aliphatic carbocycles. The van der Waals surface area contributed by atoms with E-state index in [1.54, 1.807) is 0 Å². The minimum Gasteiger partial charge on any atom is -0.381 e. The van der Waals surface area contributed by atoms with Crippen molar-refractivity contribution < 1.29 is 14.7 Å². The number of nitrogens with one attached hydrogen (secondary N) is 2. The number of hydrogen-bond donors (Lipinski definition) is 4. The van der Waals surface area contributed by atoms with E-state index in [1.165, 1.54) is 6.20 Å². The molecule has 8 nitrogen and oxygen atoms in total. The molecule has 1 aromatic rings. The Morgan fingerprint density at radius 1 is 1.71 bits per heavy atom. The molecule has 0 aliphatic heterocycles. The first kappa shape index (κ1) is 10.1. The van der Waals surface area contributed by atoms with Gasteiger partial charge in [0.05, 0.1) is 12.7 Å². The SMILES string of the molecule is NC(=O)C(O)CNC(=O)c1cn[nH]n1. The quantitative estimate of drug-likeness (QED) is 0.421. The second kappa shape index (κ2) is 4.33. The Kier molecular flexibility index (Phi) is 3.13. The van der Waals surface area contributed by atoms with Gasteiger partial charge in [-0.05, 0) is 0 Å². The average molecular weight is 199 g/mol. The third-order valence-corrected chi connectivity index (χ3v) is 1.43. The highest BCUT2D eigenvalue weighted by atomic mass is 16.3. The van der Waals surface area contributed by atoms with Gasteiger partial charge in [0.25, 0.3) is 5.91 Å². The molecule has 5 N–H and O–H groups in total. The third-order valence-electron chi connectivity index (χ3n) is 1.43. The van der Waals surface area contributed by atoms with E-state index in [9.17, 15) is 9.59 Å². The molecule has 0 fully saturated rings. The predicted molar refractivity (Wildman–Crippen MR) is 43.9 cm³/mol. The standard InChI is InChI=1S/C6H9N5O3/c7-5(13)4(12)2-8-6(14)3-1-9-11-10-3/h1,4,12H,2H2,(H2,7,13)(H,8,14)(H,9,10,11). The van der Waals surface area contributed by atoms with Crippen LogP contribution in [0.5, 0.6) is 0 Å². The number of aliphatic hydroxyl groups is 1. The molecule has 0 saturated carbocycles. The maximum absolute atomic E-state index is 11.1. The zero-order valence-electron chi connectivity index (χ0n) is 7.10. The van der Waals surface area contributed by atoms with Gasteiger partial charge in [-0.15, -0.1) is 0 Å². The molecule has 8 heteroatoms. The van der Waals surface area contributed by atoms with E-state index in [4.69, 9.17) is 10.8 Å². The lowest BCUT2D eigenvalue weighted by Crippen LogP contribution is -2.40. The summed E-state index contributed by atoms with van der Waals surface area (Å²) in [4.78, 5) is 21.5. The van der Waals surface area contributed by atoms with E-state index in [2.05, 4.69) is 20.7 Å². The smallest absolute Gasteiger partial charge is 0.273 e. The van der Waals surface area contributed by atoms with Crippen molar-refractivity contribution in [3.05, 3.63) is 11.9 Å². The van der Waals surface area contributed by atoms with Gasteiger partial charge in [0, 0.05) is 0 Å². The van der Waals surface area contributed by atoms with E-state index < -0.39 is 17.9 Å². The first-order valence-corrected chi connectivity index (χ1v) is 3.72. The van der Waals surface area contributed by atoms with Crippen LogP contribution < -0.4 is 11.1 Å². The molecule has 0 aliphatic rings. The molecular formula is C6H9N5O3. The summed E-state index contributed by atoms with van der Waals surface area (Å²) in [5, 5.41) is 20.3. The normalized spacial score (nSPS) is 12.1. The highest BCUT2D eigenvalue weighted by Gasteiger charge is 2.14. The number of amides is 2. The van der Waals surface area contributed by atoms with Gasteiger partial charge < -0.3 is 16.2 Å². The summed E-state index contributed by atoms with van der Waals surface area (Å²) < 4.78 is 0. The van der Waals surface area contributed by atoms with Crippen LogP contribution in [0.3, 0.4) is 0 Å². The number of aromatic amines is 1. The minimum absolute atomic E-state index is 0.0710. The number of carbonyl (C=O) groups is 2. The fraction of sp³-hybridized carbons (Fsp3) is 0.333. The van der Waals surface area contributed by atoms with E-state index in [-0.39, 0.29) is 12.2 Å². The van der Waals surface area contributed by atoms with Gasteiger partial charge >= 0.3 is 0 Å². The first-order chi connectivity index (χ1) is 6.61. The largest absolute Gasteiger partial charge is 0.381 e. The molecule has 0 bridgehead atoms. The van der Waals surface area contributed by atoms with Crippen LogP contribution in [0.4, 0.5) is 0 Å². The Hall–Kier alpha value is -1.96. The monoisotopic (exact) mass is 199 g/mol. The van der Waals surface area contributed by atoms with Crippen molar-refractivity contribution in [1.82, 2.24) is 20.7 Å². The summed E-state index contributed by atoms with van der Waals surface area (Å²) in [7, 11) is 0. The topological polar surface area (TPSA) is 134 Å². The Morgan fingerprint density at radius 2 is 2.43 bits per heavy atom. The van der Waals surface area contributed by atoms with Crippen molar-refractivity contribution in [2.45, 2.75) is 6.10 Å². The van der Waals surface area contributed by atoms with E-state index in [0.29, 0.717) is 0 Å². The molecule has 1 heterocycles. The molecule has 1 unspecified atom stereocenters. The van der Waals surface area contributed by atoms with Gasteiger partial charge in [0.2, 0.25) is 5.91 Å². The van der Waals surface area contributed by atoms with Crippen LogP contribution in [0.25, 0.3) is 0 Å². The van der Waals surface area contributed by atoms with Gasteiger partial charge in [-0.25, -0.2) is 0 Å². The van der Waals surface area contributed by atoms with E-state index in [1.807, 2.05) is 0 Å². The van der Waals surface area contributed by atoms with Gasteiger partial charge in [-0.3, -0.25) is 9.59 Å². The van der Waals surface area contributed by atoms with Crippen LogP contribution in [0.2, 0.25) is 0 Å². The molecule has 1 atom stereocenters. The highest BCUT2D eigenvalue weighted by molar-refractivity contribution is 5.92. The van der Waals surface area contributed by atoms with Crippen molar-refractivity contribution in [2.24, 2.45) is 5.73 Å². The highest BCUT2D eigenvalue weighted by Crippen LogP contribution is 1.88. The van der Waals surface area contributed by atoms with E-state index >= 15 is 0 Å². The van der Waals surface area contributed by atoms with Crippen molar-refractivity contribution in [1.29, 1.82) is 0 Å². The van der Waals surface area contributed by atoms with Crippen molar-refractivity contribution in [2.75, 3.05) is 6.54 Å². The van der Waals surface area contributed by atoms with Gasteiger partial charge in [0.15, 0.2) is 5.69 Å². The summed E-state index contributed by atoms with van der Waals surface area (Å²) in [6.45, 7) is -0.249. The van der Waals surface area contributed by atoms with E-state index in [0.717, 1.165) is 0 Å². The number of carbonyl (C=O) groups excluding carboxylic acids is 2. The fourth-order valence-corrected chi connectivity index (χ4v) is 0.692. The van der Waals surface area contributed by atoms with Crippen LogP contribution in [-0.2, 0) is 4.79 Å².